The van der Waals surface area contributed by atoms with Crippen LogP contribution < -0.4 is 15.0 Å². The molecule has 8 nitrogen and oxygen atoms in total. The molecule has 4 rings (SSSR count). The Balaban J connectivity index is 1.37. The Labute approximate surface area is 174 Å². The largest absolute Gasteiger partial charge is 0.497 e. The molecule has 148 valence electrons. The number of carbonyl (C=O) groups excluding carboxylic acids is 1. The number of amides is 1. The highest BCUT2D eigenvalue weighted by Crippen LogP contribution is 2.24. The normalized spacial score (nSPS) is 11.7. The van der Waals surface area contributed by atoms with Crippen molar-refractivity contribution >= 4 is 39.2 Å². The summed E-state index contributed by atoms with van der Waals surface area (Å²) in [6.45, 7) is 0. The van der Waals surface area contributed by atoms with Crippen molar-refractivity contribution in [1.82, 2.24) is 20.2 Å². The molecular formula is C19H17N5O3S2. The first-order chi connectivity index (χ1) is 14.1. The maximum Gasteiger partial charge on any atom is 0.277 e. The van der Waals surface area contributed by atoms with Gasteiger partial charge in [0.15, 0.2) is 0 Å². The van der Waals surface area contributed by atoms with Crippen LogP contribution in [0, 0.1) is 0 Å². The molecule has 0 aliphatic carbocycles. The lowest BCUT2D eigenvalue weighted by molar-refractivity contribution is -0.118. The van der Waals surface area contributed by atoms with E-state index >= 15 is 0 Å². The van der Waals surface area contributed by atoms with Crippen molar-refractivity contribution in [3.05, 3.63) is 53.3 Å². The standard InChI is InChI=1S/C19H17N5O3S2/c1-24-14-5-3-4-6-15(14)29-18(24)22-20-16(25)11-28-19-23-21-17(27-19)12-7-9-13(26-2)10-8-12/h3-10H,11H2,1-2H3,(H,20,25)/b22-18-. The Morgan fingerprint density at radius 1 is 1.24 bits per heavy atom. The Kier molecular flexibility index (Phi) is 5.63. The zero-order valence-corrected chi connectivity index (χ0v) is 17.3. The van der Waals surface area contributed by atoms with E-state index in [1.54, 1.807) is 7.11 Å². The molecule has 0 aliphatic rings. The van der Waals surface area contributed by atoms with Crippen LogP contribution in [0.3, 0.4) is 0 Å². The van der Waals surface area contributed by atoms with Gasteiger partial charge in [0, 0.05) is 12.6 Å². The Morgan fingerprint density at radius 3 is 2.79 bits per heavy atom. The van der Waals surface area contributed by atoms with Crippen LogP contribution in [0.4, 0.5) is 0 Å². The van der Waals surface area contributed by atoms with Gasteiger partial charge in [0.05, 0.1) is 23.1 Å². The molecule has 4 aromatic rings. The van der Waals surface area contributed by atoms with E-state index in [0.29, 0.717) is 15.9 Å². The predicted octanol–water partition coefficient (Wildman–Crippen LogP) is 3.02. The Bertz CT molecular complexity index is 1210. The fourth-order valence-corrected chi connectivity index (χ4v) is 4.11. The van der Waals surface area contributed by atoms with Gasteiger partial charge >= 0.3 is 0 Å². The number of rotatable bonds is 6. The second-order valence-electron chi connectivity index (χ2n) is 5.95. The first-order valence-electron chi connectivity index (χ1n) is 8.62. The van der Waals surface area contributed by atoms with E-state index in [1.807, 2.05) is 60.1 Å². The van der Waals surface area contributed by atoms with E-state index in [1.165, 1.54) is 11.3 Å². The van der Waals surface area contributed by atoms with Crippen LogP contribution in [-0.4, -0.2) is 33.5 Å². The molecule has 2 heterocycles. The molecule has 0 atom stereocenters. The third-order valence-electron chi connectivity index (χ3n) is 4.06. The van der Waals surface area contributed by atoms with Crippen LogP contribution in [0.1, 0.15) is 0 Å². The SMILES string of the molecule is COc1ccc(-c2nnc(SCC(=O)N/N=c3\sc4ccccc4n3C)o2)cc1. The molecule has 1 amide bonds. The first kappa shape index (κ1) is 19.2. The summed E-state index contributed by atoms with van der Waals surface area (Å²) in [7, 11) is 3.52. The molecule has 0 saturated carbocycles. The number of para-hydroxylation sites is 1. The predicted molar refractivity (Wildman–Crippen MR) is 112 cm³/mol. The molecule has 2 aromatic heterocycles. The van der Waals surface area contributed by atoms with Crippen LogP contribution in [0.2, 0.25) is 0 Å². The number of carbonyl (C=O) groups is 1. The Hall–Kier alpha value is -3.11. The average Bonchev–Trinajstić information content (AvgIpc) is 3.36. The van der Waals surface area contributed by atoms with Gasteiger partial charge in [-0.1, -0.05) is 35.2 Å². The smallest absolute Gasteiger partial charge is 0.277 e. The minimum absolute atomic E-state index is 0.113. The van der Waals surface area contributed by atoms with Gasteiger partial charge in [-0.3, -0.25) is 4.79 Å². The van der Waals surface area contributed by atoms with Gasteiger partial charge in [0.1, 0.15) is 5.75 Å². The van der Waals surface area contributed by atoms with E-state index in [-0.39, 0.29) is 11.7 Å². The van der Waals surface area contributed by atoms with Gasteiger partial charge in [0.25, 0.3) is 11.1 Å². The number of thioether (sulfide) groups is 1. The zero-order valence-electron chi connectivity index (χ0n) is 15.7. The second-order valence-corrected chi connectivity index (χ2v) is 7.88. The van der Waals surface area contributed by atoms with Gasteiger partial charge in [0.2, 0.25) is 10.7 Å². The number of aromatic nitrogens is 3. The highest BCUT2D eigenvalue weighted by atomic mass is 32.2. The molecule has 29 heavy (non-hydrogen) atoms. The highest BCUT2D eigenvalue weighted by Gasteiger charge is 2.11. The summed E-state index contributed by atoms with van der Waals surface area (Å²) < 4.78 is 13.8. The molecule has 0 fully saturated rings. The molecule has 0 unspecified atom stereocenters. The summed E-state index contributed by atoms with van der Waals surface area (Å²) in [5.74, 6) is 0.993. The van der Waals surface area contributed by atoms with Gasteiger partial charge in [-0.2, -0.15) is 0 Å². The number of nitrogens with one attached hydrogen (secondary N) is 1. The average molecular weight is 428 g/mol. The van der Waals surface area contributed by atoms with Crippen molar-refractivity contribution < 1.29 is 13.9 Å². The van der Waals surface area contributed by atoms with Crippen LogP contribution in [-0.2, 0) is 11.8 Å². The van der Waals surface area contributed by atoms with Crippen molar-refractivity contribution in [3.63, 3.8) is 0 Å². The maximum absolute atomic E-state index is 12.1. The fraction of sp³-hybridized carbons (Fsp3) is 0.158. The minimum atomic E-state index is -0.253. The van der Waals surface area contributed by atoms with Gasteiger partial charge in [-0.05, 0) is 36.4 Å². The molecular weight excluding hydrogens is 410 g/mol. The number of ether oxygens (including phenoxy) is 1. The van der Waals surface area contributed by atoms with Crippen molar-refractivity contribution in [2.75, 3.05) is 12.9 Å². The van der Waals surface area contributed by atoms with Crippen molar-refractivity contribution in [1.29, 1.82) is 0 Å². The first-order valence-corrected chi connectivity index (χ1v) is 10.4. The number of hydrogen-bond acceptors (Lipinski definition) is 8. The van der Waals surface area contributed by atoms with Crippen LogP contribution >= 0.6 is 23.1 Å². The van der Waals surface area contributed by atoms with E-state index in [4.69, 9.17) is 9.15 Å². The molecule has 0 radical (unpaired) electrons. The summed E-state index contributed by atoms with van der Waals surface area (Å²) in [6.07, 6.45) is 0. The van der Waals surface area contributed by atoms with Crippen molar-refractivity contribution in [2.24, 2.45) is 12.1 Å². The lowest BCUT2D eigenvalue weighted by atomic mass is 10.2. The molecule has 0 aliphatic heterocycles. The number of hydrogen-bond donors (Lipinski definition) is 1. The van der Waals surface area contributed by atoms with E-state index in [0.717, 1.165) is 33.3 Å². The van der Waals surface area contributed by atoms with Crippen LogP contribution in [0.5, 0.6) is 5.75 Å². The summed E-state index contributed by atoms with van der Waals surface area (Å²) >= 11 is 2.66. The number of methoxy groups -OCH3 is 1. The number of aryl methyl sites for hydroxylation is 1. The number of benzene rings is 2. The van der Waals surface area contributed by atoms with E-state index in [2.05, 4.69) is 20.7 Å². The Morgan fingerprint density at radius 2 is 2.03 bits per heavy atom. The molecule has 0 saturated heterocycles. The number of thiazole rings is 1. The van der Waals surface area contributed by atoms with Gasteiger partial charge in [-0.25, -0.2) is 5.43 Å². The summed E-state index contributed by atoms with van der Waals surface area (Å²) in [5.41, 5.74) is 4.42. The van der Waals surface area contributed by atoms with E-state index in [9.17, 15) is 4.79 Å². The molecule has 0 bridgehead atoms. The highest BCUT2D eigenvalue weighted by molar-refractivity contribution is 7.99. The number of fused-ring (bicyclic) bond motifs is 1. The maximum atomic E-state index is 12.1. The summed E-state index contributed by atoms with van der Waals surface area (Å²) in [4.78, 5) is 12.8. The van der Waals surface area contributed by atoms with Crippen LogP contribution in [0.15, 0.2) is 63.3 Å². The fourth-order valence-electron chi connectivity index (χ4n) is 2.58. The summed E-state index contributed by atoms with van der Waals surface area (Å²) in [6, 6.07) is 15.3. The van der Waals surface area contributed by atoms with Crippen LogP contribution in [0.25, 0.3) is 21.7 Å². The monoisotopic (exact) mass is 427 g/mol. The molecule has 10 heteroatoms. The molecule has 0 spiro atoms. The van der Waals surface area contributed by atoms with Gasteiger partial charge < -0.3 is 13.7 Å². The van der Waals surface area contributed by atoms with E-state index < -0.39 is 0 Å². The van der Waals surface area contributed by atoms with Crippen molar-refractivity contribution in [2.45, 2.75) is 5.22 Å². The number of nitrogens with zero attached hydrogens (tertiary/aromatic N) is 4. The molecule has 2 aromatic carbocycles. The topological polar surface area (TPSA) is 94.5 Å². The third kappa shape index (κ3) is 4.33. The van der Waals surface area contributed by atoms with Crippen molar-refractivity contribution in [3.8, 4) is 17.2 Å². The second kappa shape index (κ2) is 8.50. The lowest BCUT2D eigenvalue weighted by Gasteiger charge is -1.99. The lowest BCUT2D eigenvalue weighted by Crippen LogP contribution is -2.24. The third-order valence-corrected chi connectivity index (χ3v) is 5.99. The molecule has 1 N–H and O–H groups in total. The summed E-state index contributed by atoms with van der Waals surface area (Å²) in [5, 5.41) is 12.5. The minimum Gasteiger partial charge on any atom is -0.497 e. The zero-order chi connectivity index (χ0) is 20.2. The van der Waals surface area contributed by atoms with Gasteiger partial charge in [-0.15, -0.1) is 15.3 Å². The quantitative estimate of drug-likeness (QED) is 0.375.